The third-order valence-corrected chi connectivity index (χ3v) is 3.12. The van der Waals surface area contributed by atoms with Crippen molar-refractivity contribution in [1.29, 1.82) is 0 Å². The Morgan fingerprint density at radius 3 is 2.53 bits per heavy atom. The molecule has 17 heavy (non-hydrogen) atoms. The predicted octanol–water partition coefficient (Wildman–Crippen LogP) is 2.90. The molecule has 1 heterocycles. The molecule has 0 N–H and O–H groups in total. The molecule has 0 saturated heterocycles. The largest absolute Gasteiger partial charge is 0.461 e. The van der Waals surface area contributed by atoms with Crippen LogP contribution in [0.3, 0.4) is 0 Å². The standard InChI is InChI=1S/C16H18O/c1-5-8-14-11(3)16-13(6-2)9-7-10-15(16)17-12(14)4/h5-10H,1-4H3/b8-5-,13-6-. The summed E-state index contributed by atoms with van der Waals surface area (Å²) in [5, 5.41) is 2.45. The molecule has 0 aromatic heterocycles. The van der Waals surface area contributed by atoms with Gasteiger partial charge in [-0.1, -0.05) is 30.4 Å². The van der Waals surface area contributed by atoms with Crippen LogP contribution in [-0.4, -0.2) is 0 Å². The molecule has 1 nitrogen and oxygen atoms in total. The normalized spacial score (nSPS) is 16.5. The lowest BCUT2D eigenvalue weighted by Crippen LogP contribution is -2.31. The summed E-state index contributed by atoms with van der Waals surface area (Å²) in [5.74, 6) is 1.94. The topological polar surface area (TPSA) is 9.23 Å². The smallest absolute Gasteiger partial charge is 0.135 e. The Morgan fingerprint density at radius 1 is 1.12 bits per heavy atom. The highest BCUT2D eigenvalue weighted by molar-refractivity contribution is 5.71. The number of fused-ring (bicyclic) bond motifs is 1. The first kappa shape index (κ1) is 11.7. The van der Waals surface area contributed by atoms with E-state index < -0.39 is 0 Å². The van der Waals surface area contributed by atoms with Crippen molar-refractivity contribution in [3.8, 4) is 5.75 Å². The van der Waals surface area contributed by atoms with E-state index in [0.717, 1.165) is 11.5 Å². The first-order chi connectivity index (χ1) is 8.19. The molecule has 0 spiro atoms. The van der Waals surface area contributed by atoms with Gasteiger partial charge in [0, 0.05) is 10.8 Å². The summed E-state index contributed by atoms with van der Waals surface area (Å²) in [5.41, 5.74) is 2.48. The van der Waals surface area contributed by atoms with Crippen molar-refractivity contribution < 1.29 is 4.74 Å². The zero-order valence-electron chi connectivity index (χ0n) is 10.9. The molecule has 1 heteroatoms. The van der Waals surface area contributed by atoms with Crippen LogP contribution < -0.4 is 15.2 Å². The van der Waals surface area contributed by atoms with Gasteiger partial charge in [0.2, 0.25) is 0 Å². The molecule has 0 aliphatic carbocycles. The number of rotatable bonds is 1. The van der Waals surface area contributed by atoms with Crippen molar-refractivity contribution in [1.82, 2.24) is 0 Å². The molecular weight excluding hydrogens is 208 g/mol. The summed E-state index contributed by atoms with van der Waals surface area (Å²) in [6.07, 6.45) is 6.29. The van der Waals surface area contributed by atoms with Crippen LogP contribution in [0.2, 0.25) is 0 Å². The van der Waals surface area contributed by atoms with Gasteiger partial charge >= 0.3 is 0 Å². The molecule has 2 rings (SSSR count). The minimum Gasteiger partial charge on any atom is -0.461 e. The van der Waals surface area contributed by atoms with Crippen LogP contribution in [0.1, 0.15) is 27.7 Å². The van der Waals surface area contributed by atoms with Crippen molar-refractivity contribution in [2.24, 2.45) is 0 Å². The van der Waals surface area contributed by atoms with Crippen LogP contribution in [0, 0.1) is 0 Å². The first-order valence-electron chi connectivity index (χ1n) is 5.97. The van der Waals surface area contributed by atoms with E-state index in [1.54, 1.807) is 0 Å². The van der Waals surface area contributed by atoms with Gasteiger partial charge in [0.1, 0.15) is 11.5 Å². The summed E-state index contributed by atoms with van der Waals surface area (Å²) in [6.45, 7) is 8.27. The molecule has 0 bridgehead atoms. The Labute approximate surface area is 102 Å². The predicted molar refractivity (Wildman–Crippen MR) is 73.1 cm³/mol. The average Bonchev–Trinajstić information content (AvgIpc) is 2.33. The minimum atomic E-state index is 0.962. The van der Waals surface area contributed by atoms with Gasteiger partial charge in [-0.3, -0.25) is 0 Å². The van der Waals surface area contributed by atoms with E-state index >= 15 is 0 Å². The first-order valence-corrected chi connectivity index (χ1v) is 5.97. The lowest BCUT2D eigenvalue weighted by molar-refractivity contribution is 0.416. The van der Waals surface area contributed by atoms with E-state index in [0.29, 0.717) is 0 Å². The van der Waals surface area contributed by atoms with Gasteiger partial charge in [-0.25, -0.2) is 0 Å². The number of hydrogen-bond acceptors (Lipinski definition) is 1. The molecule has 0 saturated carbocycles. The van der Waals surface area contributed by atoms with E-state index in [-0.39, 0.29) is 0 Å². The second-order valence-corrected chi connectivity index (χ2v) is 4.21. The van der Waals surface area contributed by atoms with Gasteiger partial charge in [0.25, 0.3) is 0 Å². The Kier molecular flexibility index (Phi) is 3.19. The molecule has 1 aliphatic rings. The number of ether oxygens (including phenoxy) is 1. The third-order valence-electron chi connectivity index (χ3n) is 3.12. The lowest BCUT2D eigenvalue weighted by atomic mass is 9.99. The van der Waals surface area contributed by atoms with Gasteiger partial charge in [0.15, 0.2) is 0 Å². The van der Waals surface area contributed by atoms with Crippen LogP contribution in [0.25, 0.3) is 11.6 Å². The van der Waals surface area contributed by atoms with Crippen LogP contribution in [0.4, 0.5) is 0 Å². The monoisotopic (exact) mass is 226 g/mol. The van der Waals surface area contributed by atoms with Gasteiger partial charge in [-0.15, -0.1) is 0 Å². The molecule has 0 fully saturated rings. The van der Waals surface area contributed by atoms with Crippen LogP contribution in [-0.2, 0) is 0 Å². The summed E-state index contributed by atoms with van der Waals surface area (Å²) in [7, 11) is 0. The Balaban J connectivity index is 2.87. The average molecular weight is 226 g/mol. The molecule has 88 valence electrons. The van der Waals surface area contributed by atoms with Crippen LogP contribution >= 0.6 is 0 Å². The maximum atomic E-state index is 5.90. The molecule has 1 aromatic carbocycles. The maximum absolute atomic E-state index is 5.90. The summed E-state index contributed by atoms with van der Waals surface area (Å²) in [6, 6.07) is 6.19. The second kappa shape index (κ2) is 4.62. The Bertz CT molecular complexity index is 615. The lowest BCUT2D eigenvalue weighted by Gasteiger charge is -2.18. The van der Waals surface area contributed by atoms with Crippen molar-refractivity contribution in [2.75, 3.05) is 0 Å². The van der Waals surface area contributed by atoms with Gasteiger partial charge in [0.05, 0.1) is 0 Å². The van der Waals surface area contributed by atoms with E-state index in [9.17, 15) is 0 Å². The molecule has 1 aromatic rings. The number of hydrogen-bond donors (Lipinski definition) is 0. The summed E-state index contributed by atoms with van der Waals surface area (Å²) < 4.78 is 5.90. The summed E-state index contributed by atoms with van der Waals surface area (Å²) >= 11 is 0. The van der Waals surface area contributed by atoms with Gasteiger partial charge < -0.3 is 4.74 Å². The zero-order chi connectivity index (χ0) is 12.4. The quantitative estimate of drug-likeness (QED) is 0.715. The van der Waals surface area contributed by atoms with Crippen molar-refractivity contribution in [3.05, 3.63) is 52.1 Å². The second-order valence-electron chi connectivity index (χ2n) is 4.21. The highest BCUT2D eigenvalue weighted by Crippen LogP contribution is 2.23. The summed E-state index contributed by atoms with van der Waals surface area (Å²) in [4.78, 5) is 0. The van der Waals surface area contributed by atoms with E-state index in [2.05, 4.69) is 38.1 Å². The van der Waals surface area contributed by atoms with E-state index in [4.69, 9.17) is 4.74 Å². The van der Waals surface area contributed by atoms with E-state index in [1.807, 2.05) is 26.0 Å². The highest BCUT2D eigenvalue weighted by atomic mass is 16.5. The van der Waals surface area contributed by atoms with Gasteiger partial charge in [-0.2, -0.15) is 0 Å². The SMILES string of the molecule is C/C=C\C1=C(C)Oc2ccc/c(=C/C)c2=C1C. The molecular formula is C16H18O. The van der Waals surface area contributed by atoms with Crippen molar-refractivity contribution in [2.45, 2.75) is 27.7 Å². The molecule has 0 amide bonds. The maximum Gasteiger partial charge on any atom is 0.135 e. The number of benzene rings is 1. The number of allylic oxidation sites excluding steroid dienone is 4. The molecule has 0 unspecified atom stereocenters. The fraction of sp³-hybridized carbons (Fsp3) is 0.250. The zero-order valence-corrected chi connectivity index (χ0v) is 10.9. The molecule has 1 aliphatic heterocycles. The highest BCUT2D eigenvalue weighted by Gasteiger charge is 2.14. The molecule has 0 radical (unpaired) electrons. The Morgan fingerprint density at radius 2 is 1.88 bits per heavy atom. The van der Waals surface area contributed by atoms with Gasteiger partial charge in [-0.05, 0) is 44.6 Å². The van der Waals surface area contributed by atoms with Crippen molar-refractivity contribution >= 4 is 11.6 Å². The Hall–Kier alpha value is -1.76. The fourth-order valence-corrected chi connectivity index (χ4v) is 2.30. The van der Waals surface area contributed by atoms with Crippen LogP contribution in [0.5, 0.6) is 5.75 Å². The van der Waals surface area contributed by atoms with Crippen LogP contribution in [0.15, 0.2) is 41.7 Å². The fourth-order valence-electron chi connectivity index (χ4n) is 2.30. The molecule has 0 atom stereocenters. The van der Waals surface area contributed by atoms with E-state index in [1.165, 1.54) is 21.6 Å². The van der Waals surface area contributed by atoms with Crippen molar-refractivity contribution in [3.63, 3.8) is 0 Å². The third kappa shape index (κ3) is 1.93. The minimum absolute atomic E-state index is 0.962.